The lowest BCUT2D eigenvalue weighted by molar-refractivity contribution is -0.385. The third-order valence-corrected chi connectivity index (χ3v) is 6.80. The molecule has 4 aromatic rings. The van der Waals surface area contributed by atoms with Crippen LogP contribution < -0.4 is 10.3 Å². The van der Waals surface area contributed by atoms with E-state index in [2.05, 4.69) is 26.0 Å². The largest absolute Gasteiger partial charge is 0.481 e. The van der Waals surface area contributed by atoms with Crippen LogP contribution in [0.1, 0.15) is 36.7 Å². The van der Waals surface area contributed by atoms with Crippen molar-refractivity contribution >= 4 is 73.5 Å². The van der Waals surface area contributed by atoms with Gasteiger partial charge >= 0.3 is 5.69 Å². The number of benzene rings is 3. The first-order valence-electron chi connectivity index (χ1n) is 10.9. The highest BCUT2D eigenvalue weighted by Crippen LogP contribution is 2.36. The summed E-state index contributed by atoms with van der Waals surface area (Å²) >= 11 is 21.7. The van der Waals surface area contributed by atoms with Gasteiger partial charge in [0.1, 0.15) is 12.4 Å². The van der Waals surface area contributed by atoms with Crippen LogP contribution in [-0.4, -0.2) is 20.8 Å². The molecule has 0 atom stereocenters. The second-order valence-corrected chi connectivity index (χ2v) is 10.4. The van der Waals surface area contributed by atoms with Crippen LogP contribution in [0.2, 0.25) is 15.1 Å². The molecule has 0 bridgehead atoms. The van der Waals surface area contributed by atoms with E-state index in [4.69, 9.17) is 39.5 Å². The van der Waals surface area contributed by atoms with Crippen LogP contribution in [0.4, 0.5) is 5.69 Å². The predicted molar refractivity (Wildman–Crippen MR) is 150 cm³/mol. The van der Waals surface area contributed by atoms with Gasteiger partial charge in [0.15, 0.2) is 0 Å². The molecule has 0 aliphatic heterocycles. The summed E-state index contributed by atoms with van der Waals surface area (Å²) in [5.74, 6) is 0.221. The molecule has 190 valence electrons. The number of nitro groups is 1. The highest BCUT2D eigenvalue weighted by atomic mass is 79.9. The van der Waals surface area contributed by atoms with Crippen molar-refractivity contribution in [2.75, 3.05) is 0 Å². The molecule has 0 radical (unpaired) electrons. The highest BCUT2D eigenvalue weighted by Gasteiger charge is 2.21. The summed E-state index contributed by atoms with van der Waals surface area (Å²) < 4.78 is 7.58. The molecule has 0 amide bonds. The van der Waals surface area contributed by atoms with Gasteiger partial charge in [-0.25, -0.2) is 4.98 Å². The van der Waals surface area contributed by atoms with Gasteiger partial charge < -0.3 is 4.74 Å². The second kappa shape index (κ2) is 11.2. The average molecular weight is 625 g/mol. The minimum Gasteiger partial charge on any atom is -0.481 e. The Kier molecular flexibility index (Phi) is 8.18. The summed E-state index contributed by atoms with van der Waals surface area (Å²) in [6, 6.07) is 12.9. The van der Waals surface area contributed by atoms with Gasteiger partial charge in [0.2, 0.25) is 5.75 Å². The lowest BCUT2D eigenvalue weighted by Gasteiger charge is -2.12. The summed E-state index contributed by atoms with van der Waals surface area (Å²) in [5, 5.41) is 17.2. The topological polar surface area (TPSA) is 99.6 Å². The van der Waals surface area contributed by atoms with Gasteiger partial charge in [-0.2, -0.15) is 9.78 Å². The van der Waals surface area contributed by atoms with E-state index in [1.807, 2.05) is 13.8 Å². The van der Waals surface area contributed by atoms with E-state index in [9.17, 15) is 14.9 Å². The number of aromatic nitrogens is 2. The number of nitro benzene ring substituents is 1. The van der Waals surface area contributed by atoms with Crippen LogP contribution in [-0.2, 0) is 6.61 Å². The van der Waals surface area contributed by atoms with Gasteiger partial charge in [0, 0.05) is 22.0 Å². The zero-order valence-corrected chi connectivity index (χ0v) is 23.3. The first-order chi connectivity index (χ1) is 17.5. The minimum atomic E-state index is -0.603. The van der Waals surface area contributed by atoms with Gasteiger partial charge in [-0.05, 0) is 42.0 Å². The Labute approximate surface area is 234 Å². The molecule has 0 fully saturated rings. The van der Waals surface area contributed by atoms with Crippen molar-refractivity contribution in [2.24, 2.45) is 5.10 Å². The maximum Gasteiger partial charge on any atom is 0.313 e. The molecule has 8 nitrogen and oxygen atoms in total. The van der Waals surface area contributed by atoms with Gasteiger partial charge in [-0.3, -0.25) is 14.9 Å². The molecule has 0 unspecified atom stereocenters. The summed E-state index contributed by atoms with van der Waals surface area (Å²) in [5.41, 5.74) is 0.779. The van der Waals surface area contributed by atoms with Gasteiger partial charge in [-0.15, -0.1) is 0 Å². The molecular formula is C25H18BrCl3N4O4. The lowest BCUT2D eigenvalue weighted by Crippen LogP contribution is -2.23. The van der Waals surface area contributed by atoms with Gasteiger partial charge in [0.25, 0.3) is 5.56 Å². The van der Waals surface area contributed by atoms with Crippen molar-refractivity contribution in [2.45, 2.75) is 26.4 Å². The summed E-state index contributed by atoms with van der Waals surface area (Å²) in [6.07, 6.45) is 1.32. The third-order valence-electron chi connectivity index (χ3n) is 5.28. The molecule has 4 rings (SSSR count). The molecular weight excluding hydrogens is 607 g/mol. The van der Waals surface area contributed by atoms with Crippen molar-refractivity contribution in [3.05, 3.63) is 105 Å². The zero-order chi connectivity index (χ0) is 26.9. The fourth-order valence-corrected chi connectivity index (χ4v) is 4.47. The number of ether oxygens (including phenoxy) is 1. The van der Waals surface area contributed by atoms with E-state index in [0.29, 0.717) is 37.9 Å². The normalized spacial score (nSPS) is 11.5. The number of halogens is 4. The average Bonchev–Trinajstić information content (AvgIpc) is 2.84. The summed E-state index contributed by atoms with van der Waals surface area (Å²) in [6.45, 7) is 3.76. The molecule has 0 aliphatic rings. The number of fused-ring (bicyclic) bond motifs is 1. The van der Waals surface area contributed by atoms with Crippen molar-refractivity contribution in [1.82, 2.24) is 9.66 Å². The maximum atomic E-state index is 13.2. The minimum absolute atomic E-state index is 0.00714. The van der Waals surface area contributed by atoms with E-state index in [1.165, 1.54) is 23.0 Å². The number of hydrogen-bond acceptors (Lipinski definition) is 6. The standard InChI is InChI=1S/C25H18BrCl3N4O4/c1-13(2)24-31-21-6-4-16(26)10-17(21)25(34)32(24)30-11-15-8-20(29)23(22(9-15)33(35)36)37-12-14-3-5-18(27)19(28)7-14/h3-11,13H,12H2,1-2H3. The Morgan fingerprint density at radius 1 is 1.11 bits per heavy atom. The van der Waals surface area contributed by atoms with Crippen LogP contribution in [0, 0.1) is 10.1 Å². The van der Waals surface area contributed by atoms with E-state index >= 15 is 0 Å². The van der Waals surface area contributed by atoms with E-state index < -0.39 is 4.92 Å². The summed E-state index contributed by atoms with van der Waals surface area (Å²) in [4.78, 5) is 29.0. The third kappa shape index (κ3) is 5.96. The van der Waals surface area contributed by atoms with Crippen LogP contribution in [0.15, 0.2) is 62.9 Å². The van der Waals surface area contributed by atoms with Crippen LogP contribution in [0.25, 0.3) is 10.9 Å². The molecule has 37 heavy (non-hydrogen) atoms. The van der Waals surface area contributed by atoms with Crippen molar-refractivity contribution < 1.29 is 9.66 Å². The van der Waals surface area contributed by atoms with Gasteiger partial charge in [-0.1, -0.05) is 70.6 Å². The van der Waals surface area contributed by atoms with Crippen LogP contribution in [0.3, 0.4) is 0 Å². The van der Waals surface area contributed by atoms with E-state index in [0.717, 1.165) is 4.47 Å². The van der Waals surface area contributed by atoms with Crippen molar-refractivity contribution in [3.8, 4) is 5.75 Å². The SMILES string of the molecule is CC(C)c1nc2ccc(Br)cc2c(=O)n1N=Cc1cc(Cl)c(OCc2ccc(Cl)c(Cl)c2)c([N+](=O)[O-])c1. The molecule has 0 saturated heterocycles. The first kappa shape index (κ1) is 27.1. The molecule has 1 aromatic heterocycles. The highest BCUT2D eigenvalue weighted by molar-refractivity contribution is 9.10. The first-order valence-corrected chi connectivity index (χ1v) is 12.8. The fourth-order valence-electron chi connectivity index (χ4n) is 3.51. The predicted octanol–water partition coefficient (Wildman–Crippen LogP) is 7.61. The molecule has 1 heterocycles. The molecule has 3 aromatic carbocycles. The Morgan fingerprint density at radius 3 is 2.54 bits per heavy atom. The fraction of sp³-hybridized carbons (Fsp3) is 0.160. The van der Waals surface area contributed by atoms with Crippen LogP contribution in [0.5, 0.6) is 5.75 Å². The Morgan fingerprint density at radius 2 is 1.86 bits per heavy atom. The molecule has 0 spiro atoms. The molecule has 0 saturated carbocycles. The molecule has 12 heteroatoms. The Bertz CT molecular complexity index is 1620. The maximum absolute atomic E-state index is 13.2. The number of hydrogen-bond donors (Lipinski definition) is 0. The number of nitrogens with zero attached hydrogens (tertiary/aromatic N) is 4. The van der Waals surface area contributed by atoms with Crippen LogP contribution >= 0.6 is 50.7 Å². The van der Waals surface area contributed by atoms with Gasteiger partial charge in [0.05, 0.1) is 37.1 Å². The number of rotatable bonds is 7. The Hall–Kier alpha value is -2.98. The zero-order valence-electron chi connectivity index (χ0n) is 19.4. The van der Waals surface area contributed by atoms with Crippen molar-refractivity contribution in [1.29, 1.82) is 0 Å². The monoisotopic (exact) mass is 622 g/mol. The molecule has 0 N–H and O–H groups in total. The lowest BCUT2D eigenvalue weighted by atomic mass is 10.2. The Balaban J connectivity index is 1.71. The second-order valence-electron chi connectivity index (χ2n) is 8.29. The quantitative estimate of drug-likeness (QED) is 0.120. The van der Waals surface area contributed by atoms with Crippen molar-refractivity contribution in [3.63, 3.8) is 0 Å². The van der Waals surface area contributed by atoms with E-state index in [-0.39, 0.29) is 34.5 Å². The van der Waals surface area contributed by atoms with E-state index in [1.54, 1.807) is 36.4 Å². The molecule has 0 aliphatic carbocycles. The summed E-state index contributed by atoms with van der Waals surface area (Å²) in [7, 11) is 0. The smallest absolute Gasteiger partial charge is 0.313 e.